The van der Waals surface area contributed by atoms with E-state index in [1.165, 1.54) is 0 Å². The molecule has 96 valence electrons. The molecule has 1 amide bonds. The van der Waals surface area contributed by atoms with Gasteiger partial charge in [-0.05, 0) is 13.3 Å². The maximum atomic E-state index is 11.8. The summed E-state index contributed by atoms with van der Waals surface area (Å²) in [6.45, 7) is 3.13. The van der Waals surface area contributed by atoms with Crippen molar-refractivity contribution >= 4 is 21.8 Å². The normalized spacial score (nSPS) is 12.5. The first-order valence-electron chi connectivity index (χ1n) is 5.46. The van der Waals surface area contributed by atoms with Crippen molar-refractivity contribution in [3.63, 3.8) is 0 Å². The smallest absolute Gasteiger partial charge is 0.254 e. The van der Waals surface area contributed by atoms with Gasteiger partial charge in [-0.3, -0.25) is 9.48 Å². The van der Waals surface area contributed by atoms with E-state index in [2.05, 4.69) is 26.3 Å². The van der Waals surface area contributed by atoms with Crippen LogP contribution >= 0.6 is 15.9 Å². The highest BCUT2D eigenvalue weighted by Gasteiger charge is 2.12. The second kappa shape index (κ2) is 6.76. The molecule has 1 N–H and O–H groups in total. The Kier molecular flexibility index (Phi) is 5.64. The zero-order valence-corrected chi connectivity index (χ0v) is 12.0. The predicted molar refractivity (Wildman–Crippen MR) is 69.5 cm³/mol. The summed E-state index contributed by atoms with van der Waals surface area (Å²) in [5, 5.41) is 6.90. The van der Waals surface area contributed by atoms with E-state index in [-0.39, 0.29) is 10.7 Å². The quantitative estimate of drug-likeness (QED) is 0.805. The minimum absolute atomic E-state index is 0.0762. The average Bonchev–Trinajstić information content (AvgIpc) is 2.60. The van der Waals surface area contributed by atoms with Gasteiger partial charge in [-0.2, -0.15) is 5.10 Å². The number of aromatic nitrogens is 2. The predicted octanol–water partition coefficient (Wildman–Crippen LogP) is 1.26. The van der Waals surface area contributed by atoms with Crippen molar-refractivity contribution < 1.29 is 9.53 Å². The molecule has 1 aromatic heterocycles. The maximum Gasteiger partial charge on any atom is 0.254 e. The molecule has 1 unspecified atom stereocenters. The Bertz CT molecular complexity index is 379. The summed E-state index contributed by atoms with van der Waals surface area (Å²) in [7, 11) is 3.48. The van der Waals surface area contributed by atoms with E-state index in [0.29, 0.717) is 18.7 Å². The van der Waals surface area contributed by atoms with E-state index in [9.17, 15) is 4.79 Å². The first-order chi connectivity index (χ1) is 8.06. The summed E-state index contributed by atoms with van der Waals surface area (Å²) in [6.07, 6.45) is 2.42. The molecule has 0 saturated heterocycles. The highest BCUT2D eigenvalue weighted by atomic mass is 79.9. The lowest BCUT2D eigenvalue weighted by Crippen LogP contribution is -2.27. The van der Waals surface area contributed by atoms with Crippen LogP contribution in [0.15, 0.2) is 6.20 Å². The highest BCUT2D eigenvalue weighted by molar-refractivity contribution is 9.09. The van der Waals surface area contributed by atoms with Crippen molar-refractivity contribution in [3.05, 3.63) is 17.5 Å². The van der Waals surface area contributed by atoms with Crippen molar-refractivity contribution in [2.75, 3.05) is 20.3 Å². The molecule has 6 heteroatoms. The number of nitrogens with one attached hydrogen (secondary N) is 1. The summed E-state index contributed by atoms with van der Waals surface area (Å²) in [6, 6.07) is 0. The van der Waals surface area contributed by atoms with Crippen molar-refractivity contribution in [3.8, 4) is 0 Å². The fraction of sp³-hybridized carbons (Fsp3) is 0.636. The number of nitrogens with zero attached hydrogens (tertiary/aromatic N) is 2. The molecule has 5 nitrogen and oxygen atoms in total. The van der Waals surface area contributed by atoms with Crippen LogP contribution in [0.4, 0.5) is 0 Å². The molecule has 0 saturated carbocycles. The molecule has 0 aliphatic carbocycles. The van der Waals surface area contributed by atoms with Gasteiger partial charge in [0, 0.05) is 31.2 Å². The van der Waals surface area contributed by atoms with Crippen LogP contribution in [0.5, 0.6) is 0 Å². The number of amides is 1. The van der Waals surface area contributed by atoms with Crippen molar-refractivity contribution in [1.82, 2.24) is 15.1 Å². The van der Waals surface area contributed by atoms with Gasteiger partial charge in [-0.15, -0.1) is 0 Å². The number of carbonyl (C=O) groups excluding carboxylic acids is 1. The van der Waals surface area contributed by atoms with Crippen LogP contribution in [0, 0.1) is 6.92 Å². The third kappa shape index (κ3) is 4.12. The lowest BCUT2D eigenvalue weighted by Gasteiger charge is -2.09. The molecule has 0 bridgehead atoms. The van der Waals surface area contributed by atoms with Gasteiger partial charge in [0.2, 0.25) is 0 Å². The summed E-state index contributed by atoms with van der Waals surface area (Å²) < 4.78 is 6.68. The third-order valence-electron chi connectivity index (χ3n) is 2.57. The maximum absolute atomic E-state index is 11.8. The Labute approximate surface area is 110 Å². The van der Waals surface area contributed by atoms with Gasteiger partial charge in [0.05, 0.1) is 18.4 Å². The topological polar surface area (TPSA) is 56.1 Å². The molecule has 17 heavy (non-hydrogen) atoms. The minimum Gasteiger partial charge on any atom is -0.384 e. The van der Waals surface area contributed by atoms with Crippen LogP contribution in [-0.4, -0.2) is 40.8 Å². The summed E-state index contributed by atoms with van der Waals surface area (Å²) in [4.78, 5) is 12.1. The fourth-order valence-electron chi connectivity index (χ4n) is 1.42. The molecule has 1 aromatic rings. The standard InChI is InChI=1S/C11H18BrN3O2/c1-8-10(6-14-15(8)2)11(16)13-5-4-9(12)7-17-3/h6,9H,4-5,7H2,1-3H3,(H,13,16). The van der Waals surface area contributed by atoms with E-state index >= 15 is 0 Å². The minimum atomic E-state index is -0.0762. The lowest BCUT2D eigenvalue weighted by molar-refractivity contribution is 0.0951. The van der Waals surface area contributed by atoms with Gasteiger partial charge >= 0.3 is 0 Å². The molecular weight excluding hydrogens is 286 g/mol. The number of ether oxygens (including phenoxy) is 1. The molecule has 0 fully saturated rings. The number of rotatable bonds is 6. The molecular formula is C11H18BrN3O2. The Morgan fingerprint density at radius 1 is 1.71 bits per heavy atom. The molecule has 1 heterocycles. The zero-order chi connectivity index (χ0) is 12.8. The Hall–Kier alpha value is -0.880. The number of alkyl halides is 1. The van der Waals surface area contributed by atoms with Gasteiger partial charge < -0.3 is 10.1 Å². The zero-order valence-electron chi connectivity index (χ0n) is 10.4. The Morgan fingerprint density at radius 2 is 2.41 bits per heavy atom. The largest absolute Gasteiger partial charge is 0.384 e. The molecule has 0 aliphatic rings. The molecule has 0 aromatic carbocycles. The van der Waals surface area contributed by atoms with Crippen LogP contribution in [0.2, 0.25) is 0 Å². The number of hydrogen-bond donors (Lipinski definition) is 1. The van der Waals surface area contributed by atoms with E-state index in [1.54, 1.807) is 18.0 Å². The summed E-state index contributed by atoms with van der Waals surface area (Å²) in [5.74, 6) is -0.0762. The van der Waals surface area contributed by atoms with E-state index in [0.717, 1.165) is 12.1 Å². The second-order valence-corrected chi connectivity index (χ2v) is 5.16. The Morgan fingerprint density at radius 3 is 2.94 bits per heavy atom. The number of methoxy groups -OCH3 is 1. The SMILES string of the molecule is COCC(Br)CCNC(=O)c1cnn(C)c1C. The van der Waals surface area contributed by atoms with Crippen molar-refractivity contribution in [1.29, 1.82) is 0 Å². The number of carbonyl (C=O) groups is 1. The van der Waals surface area contributed by atoms with Crippen LogP contribution < -0.4 is 5.32 Å². The first-order valence-corrected chi connectivity index (χ1v) is 6.37. The molecule has 1 rings (SSSR count). The van der Waals surface area contributed by atoms with Crippen LogP contribution in [0.1, 0.15) is 22.5 Å². The monoisotopic (exact) mass is 303 g/mol. The average molecular weight is 304 g/mol. The Balaban J connectivity index is 2.38. The van der Waals surface area contributed by atoms with Crippen LogP contribution in [0.3, 0.4) is 0 Å². The van der Waals surface area contributed by atoms with E-state index < -0.39 is 0 Å². The molecule has 1 atom stereocenters. The number of aryl methyl sites for hydroxylation is 1. The van der Waals surface area contributed by atoms with Crippen molar-refractivity contribution in [2.24, 2.45) is 7.05 Å². The lowest BCUT2D eigenvalue weighted by atomic mass is 10.2. The highest BCUT2D eigenvalue weighted by Crippen LogP contribution is 2.07. The third-order valence-corrected chi connectivity index (χ3v) is 3.29. The van der Waals surface area contributed by atoms with Crippen LogP contribution in [-0.2, 0) is 11.8 Å². The first kappa shape index (κ1) is 14.2. The van der Waals surface area contributed by atoms with E-state index in [4.69, 9.17) is 4.74 Å². The summed E-state index contributed by atoms with van der Waals surface area (Å²) in [5.41, 5.74) is 1.50. The number of halogens is 1. The van der Waals surface area contributed by atoms with Gasteiger partial charge in [0.1, 0.15) is 0 Å². The van der Waals surface area contributed by atoms with E-state index in [1.807, 2.05) is 14.0 Å². The number of hydrogen-bond acceptors (Lipinski definition) is 3. The van der Waals surface area contributed by atoms with Gasteiger partial charge in [-0.1, -0.05) is 15.9 Å². The molecule has 0 spiro atoms. The van der Waals surface area contributed by atoms with Gasteiger partial charge in [-0.25, -0.2) is 0 Å². The molecule has 0 aliphatic heterocycles. The van der Waals surface area contributed by atoms with Crippen LogP contribution in [0.25, 0.3) is 0 Å². The van der Waals surface area contributed by atoms with Gasteiger partial charge in [0.25, 0.3) is 5.91 Å². The second-order valence-electron chi connectivity index (χ2n) is 3.86. The molecule has 0 radical (unpaired) electrons. The fourth-order valence-corrected chi connectivity index (χ4v) is 1.92. The van der Waals surface area contributed by atoms with Gasteiger partial charge in [0.15, 0.2) is 0 Å². The van der Waals surface area contributed by atoms with Crippen molar-refractivity contribution in [2.45, 2.75) is 18.2 Å². The summed E-state index contributed by atoms with van der Waals surface area (Å²) >= 11 is 3.47.